The predicted molar refractivity (Wildman–Crippen MR) is 128 cm³/mol. The third-order valence-corrected chi connectivity index (χ3v) is 7.96. The highest BCUT2D eigenvalue weighted by molar-refractivity contribution is 5.97. The molecule has 1 amide bonds. The predicted octanol–water partition coefficient (Wildman–Crippen LogP) is 6.36. The van der Waals surface area contributed by atoms with Crippen LogP contribution in [0.2, 0.25) is 0 Å². The highest BCUT2D eigenvalue weighted by Gasteiger charge is 2.54. The molecule has 1 N–H and O–H groups in total. The van der Waals surface area contributed by atoms with Crippen LogP contribution in [0.15, 0.2) is 48.1 Å². The topological polar surface area (TPSA) is 34.0 Å². The Morgan fingerprint density at radius 1 is 1.23 bits per heavy atom. The van der Waals surface area contributed by atoms with Crippen molar-refractivity contribution in [3.63, 3.8) is 0 Å². The van der Waals surface area contributed by atoms with Gasteiger partial charge in [0.2, 0.25) is 0 Å². The number of amides is 1. The SMILES string of the molecule is CCCCNC(=O)c1cc(C2=CC3CC34C=CC=CC4=C2)n(CC2CCCCC2)c1C. The highest BCUT2D eigenvalue weighted by atomic mass is 16.1. The maximum Gasteiger partial charge on any atom is 0.253 e. The molecule has 0 aromatic carbocycles. The first kappa shape index (κ1) is 20.6. The van der Waals surface area contributed by atoms with Crippen LogP contribution in [0.3, 0.4) is 0 Å². The van der Waals surface area contributed by atoms with E-state index >= 15 is 0 Å². The Bertz CT molecular complexity index is 983. The molecule has 2 fully saturated rings. The summed E-state index contributed by atoms with van der Waals surface area (Å²) >= 11 is 0. The molecule has 0 bridgehead atoms. The number of hydrogen-bond acceptors (Lipinski definition) is 1. The van der Waals surface area contributed by atoms with Gasteiger partial charge in [-0.25, -0.2) is 0 Å². The Labute approximate surface area is 187 Å². The molecule has 164 valence electrons. The minimum atomic E-state index is 0.0833. The zero-order valence-electron chi connectivity index (χ0n) is 19.1. The van der Waals surface area contributed by atoms with Crippen molar-refractivity contribution < 1.29 is 4.79 Å². The van der Waals surface area contributed by atoms with E-state index < -0.39 is 0 Å². The molecule has 0 radical (unpaired) electrons. The molecular formula is C28H36N2O. The minimum Gasteiger partial charge on any atom is -0.352 e. The molecule has 2 unspecified atom stereocenters. The van der Waals surface area contributed by atoms with Crippen LogP contribution >= 0.6 is 0 Å². The minimum absolute atomic E-state index is 0.0833. The number of hydrogen-bond donors (Lipinski definition) is 1. The molecule has 3 heteroatoms. The largest absolute Gasteiger partial charge is 0.352 e. The van der Waals surface area contributed by atoms with Crippen molar-refractivity contribution in [3.05, 3.63) is 65.0 Å². The van der Waals surface area contributed by atoms with E-state index in [2.05, 4.69) is 66.3 Å². The number of aromatic nitrogens is 1. The van der Waals surface area contributed by atoms with Crippen LogP contribution in [0.4, 0.5) is 0 Å². The lowest BCUT2D eigenvalue weighted by Crippen LogP contribution is -2.25. The van der Waals surface area contributed by atoms with Gasteiger partial charge in [-0.3, -0.25) is 4.79 Å². The van der Waals surface area contributed by atoms with E-state index in [4.69, 9.17) is 0 Å². The average Bonchev–Trinajstić information content (AvgIpc) is 3.41. The Morgan fingerprint density at radius 3 is 2.87 bits per heavy atom. The maximum atomic E-state index is 13.0. The Balaban J connectivity index is 1.49. The summed E-state index contributed by atoms with van der Waals surface area (Å²) in [5.74, 6) is 1.41. The molecule has 1 aromatic rings. The fourth-order valence-electron chi connectivity index (χ4n) is 5.90. The van der Waals surface area contributed by atoms with Gasteiger partial charge in [0.1, 0.15) is 0 Å². The maximum absolute atomic E-state index is 13.0. The summed E-state index contributed by atoms with van der Waals surface area (Å²) < 4.78 is 2.46. The lowest BCUT2D eigenvalue weighted by molar-refractivity contribution is 0.0952. The van der Waals surface area contributed by atoms with E-state index in [-0.39, 0.29) is 11.3 Å². The number of carbonyl (C=O) groups excluding carboxylic acids is 1. The van der Waals surface area contributed by atoms with E-state index in [0.29, 0.717) is 5.92 Å². The molecule has 0 aliphatic heterocycles. The third kappa shape index (κ3) is 3.77. The van der Waals surface area contributed by atoms with Crippen molar-refractivity contribution in [2.45, 2.75) is 71.8 Å². The van der Waals surface area contributed by atoms with Crippen LogP contribution in [-0.2, 0) is 6.54 Å². The van der Waals surface area contributed by atoms with Gasteiger partial charge in [-0.2, -0.15) is 0 Å². The summed E-state index contributed by atoms with van der Waals surface area (Å²) in [5, 5.41) is 3.14. The fourth-order valence-corrected chi connectivity index (χ4v) is 5.90. The number of nitrogens with one attached hydrogen (secondary N) is 1. The first-order valence-electron chi connectivity index (χ1n) is 12.4. The van der Waals surface area contributed by atoms with Gasteiger partial charge in [0, 0.05) is 29.9 Å². The summed E-state index contributed by atoms with van der Waals surface area (Å²) in [6.07, 6.45) is 23.9. The van der Waals surface area contributed by atoms with Crippen LogP contribution < -0.4 is 5.32 Å². The Hall–Kier alpha value is -2.29. The molecule has 1 aromatic heterocycles. The summed E-state index contributed by atoms with van der Waals surface area (Å²) in [4.78, 5) is 13.0. The van der Waals surface area contributed by atoms with Gasteiger partial charge in [0.15, 0.2) is 0 Å². The third-order valence-electron chi connectivity index (χ3n) is 7.96. The molecule has 2 saturated carbocycles. The van der Waals surface area contributed by atoms with E-state index in [1.165, 1.54) is 55.4 Å². The smallest absolute Gasteiger partial charge is 0.253 e. The van der Waals surface area contributed by atoms with E-state index in [9.17, 15) is 4.79 Å². The monoisotopic (exact) mass is 416 g/mol. The zero-order chi connectivity index (χ0) is 21.4. The van der Waals surface area contributed by atoms with Crippen LogP contribution in [0.25, 0.3) is 5.57 Å². The van der Waals surface area contributed by atoms with Crippen molar-refractivity contribution in [2.24, 2.45) is 17.3 Å². The van der Waals surface area contributed by atoms with Gasteiger partial charge >= 0.3 is 0 Å². The molecule has 31 heavy (non-hydrogen) atoms. The van der Waals surface area contributed by atoms with Crippen molar-refractivity contribution in [1.82, 2.24) is 9.88 Å². The lowest BCUT2D eigenvalue weighted by Gasteiger charge is -2.26. The first-order chi connectivity index (χ1) is 15.1. The molecule has 1 heterocycles. The second-order valence-corrected chi connectivity index (χ2v) is 10.0. The molecular weight excluding hydrogens is 380 g/mol. The number of allylic oxidation sites excluding steroid dienone is 8. The van der Waals surface area contributed by atoms with Gasteiger partial charge in [0.25, 0.3) is 5.91 Å². The van der Waals surface area contributed by atoms with Gasteiger partial charge in [-0.1, -0.05) is 63.0 Å². The average molecular weight is 417 g/mol. The standard InChI is InChI=1S/C28H36N2O/c1-3-4-14-29-27(31)25-17-26(30(20(25)2)19-21-10-6-5-7-11-21)22-15-23-12-8-9-13-28(23)18-24(28)16-22/h8-9,12-13,15-17,21,24H,3-7,10-11,14,18-19H2,1-2H3,(H,29,31). The second-order valence-electron chi connectivity index (χ2n) is 10.0. The summed E-state index contributed by atoms with van der Waals surface area (Å²) in [6, 6.07) is 2.17. The van der Waals surface area contributed by atoms with E-state index in [1.54, 1.807) is 0 Å². The summed E-state index contributed by atoms with van der Waals surface area (Å²) in [6.45, 7) is 6.09. The molecule has 1 spiro atoms. The first-order valence-corrected chi connectivity index (χ1v) is 12.4. The number of unbranched alkanes of at least 4 members (excludes halogenated alkanes) is 1. The van der Waals surface area contributed by atoms with E-state index in [1.807, 2.05) is 0 Å². The lowest BCUT2D eigenvalue weighted by atomic mass is 9.83. The highest BCUT2D eigenvalue weighted by Crippen LogP contribution is 2.64. The van der Waals surface area contributed by atoms with Gasteiger partial charge in [-0.05, 0) is 67.7 Å². The fraction of sp³-hybridized carbons (Fsp3) is 0.536. The molecule has 0 saturated heterocycles. The van der Waals surface area contributed by atoms with Crippen LogP contribution in [0.1, 0.15) is 80.0 Å². The zero-order valence-corrected chi connectivity index (χ0v) is 19.1. The molecule has 2 atom stereocenters. The number of nitrogens with zero attached hydrogens (tertiary/aromatic N) is 1. The quantitative estimate of drug-likeness (QED) is 0.515. The van der Waals surface area contributed by atoms with Gasteiger partial charge in [0.05, 0.1) is 5.56 Å². The van der Waals surface area contributed by atoms with Crippen molar-refractivity contribution >= 4 is 11.5 Å². The van der Waals surface area contributed by atoms with E-state index in [0.717, 1.165) is 43.1 Å². The van der Waals surface area contributed by atoms with Gasteiger partial charge < -0.3 is 9.88 Å². The summed E-state index contributed by atoms with van der Waals surface area (Å²) in [5.41, 5.74) is 6.22. The Kier molecular flexibility index (Phi) is 5.54. The van der Waals surface area contributed by atoms with Gasteiger partial charge in [-0.15, -0.1) is 0 Å². The molecule has 3 nitrogen and oxygen atoms in total. The van der Waals surface area contributed by atoms with Crippen molar-refractivity contribution in [2.75, 3.05) is 6.54 Å². The number of carbonyl (C=O) groups is 1. The van der Waals surface area contributed by atoms with Crippen LogP contribution in [-0.4, -0.2) is 17.0 Å². The molecule has 4 aliphatic carbocycles. The van der Waals surface area contributed by atoms with Crippen LogP contribution in [0.5, 0.6) is 0 Å². The molecule has 4 aliphatic rings. The molecule has 5 rings (SSSR count). The Morgan fingerprint density at radius 2 is 2.06 bits per heavy atom. The second kappa shape index (κ2) is 8.33. The van der Waals surface area contributed by atoms with Crippen LogP contribution in [0, 0.1) is 24.2 Å². The number of rotatable bonds is 7. The normalized spacial score (nSPS) is 26.7. The van der Waals surface area contributed by atoms with Crippen molar-refractivity contribution in [1.29, 1.82) is 0 Å². The van der Waals surface area contributed by atoms with Crippen molar-refractivity contribution in [3.8, 4) is 0 Å². The summed E-state index contributed by atoms with van der Waals surface area (Å²) in [7, 11) is 0.